The first-order valence-corrected chi connectivity index (χ1v) is 7.99. The van der Waals surface area contributed by atoms with Gasteiger partial charge in [0.15, 0.2) is 11.5 Å². The largest absolute Gasteiger partial charge is 0.493 e. The second kappa shape index (κ2) is 8.70. The molecule has 1 N–H and O–H groups in total. The average molecular weight is 380 g/mol. The summed E-state index contributed by atoms with van der Waals surface area (Å²) in [4.78, 5) is 0. The van der Waals surface area contributed by atoms with E-state index in [2.05, 4.69) is 27.8 Å². The highest BCUT2D eigenvalue weighted by molar-refractivity contribution is 9.10. The number of hydrogen-bond donors (Lipinski definition) is 1. The fourth-order valence-electron chi connectivity index (χ4n) is 2.10. The molecule has 0 saturated carbocycles. The van der Waals surface area contributed by atoms with E-state index in [1.807, 2.05) is 12.1 Å². The van der Waals surface area contributed by atoms with Crippen molar-refractivity contribution in [1.82, 2.24) is 5.32 Å². The minimum atomic E-state index is -0.261. The van der Waals surface area contributed by atoms with Crippen LogP contribution in [0.25, 0.3) is 0 Å². The maximum Gasteiger partial charge on any atom is 0.167 e. The minimum Gasteiger partial charge on any atom is -0.493 e. The molecule has 2 rings (SSSR count). The first-order valence-electron chi connectivity index (χ1n) is 7.20. The Morgan fingerprint density at radius 2 is 1.96 bits per heavy atom. The summed E-state index contributed by atoms with van der Waals surface area (Å²) in [6, 6.07) is 10.0. The number of rotatable bonds is 8. The van der Waals surface area contributed by atoms with Gasteiger partial charge >= 0.3 is 0 Å². The minimum absolute atomic E-state index is 0.261. The third kappa shape index (κ3) is 4.81. The van der Waals surface area contributed by atoms with Crippen LogP contribution in [0, 0.1) is 5.82 Å². The van der Waals surface area contributed by atoms with Gasteiger partial charge in [-0.15, -0.1) is 6.58 Å². The lowest BCUT2D eigenvalue weighted by molar-refractivity contribution is 0.280. The molecule has 0 aliphatic heterocycles. The van der Waals surface area contributed by atoms with Gasteiger partial charge in [-0.2, -0.15) is 0 Å². The smallest absolute Gasteiger partial charge is 0.167 e. The maximum atomic E-state index is 13.0. The molecule has 0 aromatic heterocycles. The maximum absolute atomic E-state index is 13.0. The quantitative estimate of drug-likeness (QED) is 0.542. The van der Waals surface area contributed by atoms with E-state index in [4.69, 9.17) is 9.47 Å². The number of benzene rings is 2. The van der Waals surface area contributed by atoms with Gasteiger partial charge in [-0.3, -0.25) is 0 Å². The normalized spacial score (nSPS) is 10.4. The van der Waals surface area contributed by atoms with Gasteiger partial charge in [0.2, 0.25) is 0 Å². The summed E-state index contributed by atoms with van der Waals surface area (Å²) in [5, 5.41) is 3.26. The molecule has 122 valence electrons. The topological polar surface area (TPSA) is 30.5 Å². The lowest BCUT2D eigenvalue weighted by atomic mass is 10.1. The van der Waals surface area contributed by atoms with E-state index in [1.165, 1.54) is 12.1 Å². The van der Waals surface area contributed by atoms with Crippen molar-refractivity contribution < 1.29 is 13.9 Å². The predicted octanol–water partition coefficient (Wildman–Crippen LogP) is 4.45. The first kappa shape index (κ1) is 17.5. The molecule has 5 heteroatoms. The molecule has 0 fully saturated rings. The zero-order valence-electron chi connectivity index (χ0n) is 12.9. The molecule has 0 unspecified atom stereocenters. The highest BCUT2D eigenvalue weighted by Gasteiger charge is 2.14. The number of halogens is 2. The van der Waals surface area contributed by atoms with Crippen molar-refractivity contribution >= 4 is 15.9 Å². The SMILES string of the molecule is C=CCNCc1c(Br)ccc(OC)c1OCc1ccc(F)cc1. The van der Waals surface area contributed by atoms with Gasteiger partial charge < -0.3 is 14.8 Å². The average Bonchev–Trinajstić information content (AvgIpc) is 2.56. The van der Waals surface area contributed by atoms with Crippen molar-refractivity contribution in [3.05, 3.63) is 70.5 Å². The van der Waals surface area contributed by atoms with Crippen LogP contribution in [0.4, 0.5) is 4.39 Å². The van der Waals surface area contributed by atoms with E-state index in [0.717, 1.165) is 15.6 Å². The zero-order valence-corrected chi connectivity index (χ0v) is 14.5. The molecule has 0 radical (unpaired) electrons. The van der Waals surface area contributed by atoms with Crippen LogP contribution >= 0.6 is 15.9 Å². The van der Waals surface area contributed by atoms with Crippen LogP contribution in [0.2, 0.25) is 0 Å². The molecule has 0 amide bonds. The molecule has 0 atom stereocenters. The van der Waals surface area contributed by atoms with Gasteiger partial charge in [0.25, 0.3) is 0 Å². The van der Waals surface area contributed by atoms with Crippen LogP contribution in [-0.4, -0.2) is 13.7 Å². The summed E-state index contributed by atoms with van der Waals surface area (Å²) in [7, 11) is 1.61. The van der Waals surface area contributed by atoms with Gasteiger partial charge in [0.05, 0.1) is 7.11 Å². The summed E-state index contributed by atoms with van der Waals surface area (Å²) >= 11 is 3.55. The van der Waals surface area contributed by atoms with Crippen LogP contribution in [0.1, 0.15) is 11.1 Å². The monoisotopic (exact) mass is 379 g/mol. The molecular weight excluding hydrogens is 361 g/mol. The van der Waals surface area contributed by atoms with Gasteiger partial charge in [0.1, 0.15) is 12.4 Å². The molecule has 0 spiro atoms. The molecule has 23 heavy (non-hydrogen) atoms. The molecule has 0 heterocycles. The van der Waals surface area contributed by atoms with Crippen molar-refractivity contribution in [1.29, 1.82) is 0 Å². The lowest BCUT2D eigenvalue weighted by Gasteiger charge is -2.17. The Kier molecular flexibility index (Phi) is 6.62. The number of methoxy groups -OCH3 is 1. The fourth-order valence-corrected chi connectivity index (χ4v) is 2.55. The highest BCUT2D eigenvalue weighted by atomic mass is 79.9. The van der Waals surface area contributed by atoms with Crippen molar-refractivity contribution in [3.63, 3.8) is 0 Å². The Morgan fingerprint density at radius 3 is 2.61 bits per heavy atom. The van der Waals surface area contributed by atoms with E-state index in [1.54, 1.807) is 25.3 Å². The summed E-state index contributed by atoms with van der Waals surface area (Å²) < 4.78 is 25.3. The van der Waals surface area contributed by atoms with Crippen LogP contribution in [0.5, 0.6) is 11.5 Å². The Balaban J connectivity index is 2.21. The molecule has 0 aliphatic carbocycles. The van der Waals surface area contributed by atoms with E-state index in [-0.39, 0.29) is 5.82 Å². The molecule has 0 aliphatic rings. The second-order valence-electron chi connectivity index (χ2n) is 4.89. The Bertz CT molecular complexity index is 659. The van der Waals surface area contributed by atoms with Crippen molar-refractivity contribution in [2.75, 3.05) is 13.7 Å². The molecule has 2 aromatic carbocycles. The van der Waals surface area contributed by atoms with Crippen molar-refractivity contribution in [2.45, 2.75) is 13.2 Å². The molecular formula is C18H19BrFNO2. The van der Waals surface area contributed by atoms with E-state index in [0.29, 0.717) is 31.2 Å². The van der Waals surface area contributed by atoms with Crippen LogP contribution < -0.4 is 14.8 Å². The van der Waals surface area contributed by atoms with Crippen molar-refractivity contribution in [3.8, 4) is 11.5 Å². The Morgan fingerprint density at radius 1 is 1.22 bits per heavy atom. The lowest BCUT2D eigenvalue weighted by Crippen LogP contribution is -2.14. The van der Waals surface area contributed by atoms with Gasteiger partial charge in [0, 0.05) is 23.1 Å². The Hall–Kier alpha value is -1.85. The summed E-state index contributed by atoms with van der Waals surface area (Å²) in [5.41, 5.74) is 1.85. The molecule has 3 nitrogen and oxygen atoms in total. The van der Waals surface area contributed by atoms with Gasteiger partial charge in [-0.05, 0) is 29.8 Å². The van der Waals surface area contributed by atoms with Gasteiger partial charge in [-0.25, -0.2) is 4.39 Å². The van der Waals surface area contributed by atoms with E-state index >= 15 is 0 Å². The van der Waals surface area contributed by atoms with E-state index < -0.39 is 0 Å². The highest BCUT2D eigenvalue weighted by Crippen LogP contribution is 2.36. The number of nitrogens with one attached hydrogen (secondary N) is 1. The molecule has 2 aromatic rings. The van der Waals surface area contributed by atoms with E-state index in [9.17, 15) is 4.39 Å². The second-order valence-corrected chi connectivity index (χ2v) is 5.75. The summed E-state index contributed by atoms with van der Waals surface area (Å²) in [5.74, 6) is 1.07. The first-order chi connectivity index (χ1) is 11.2. The third-order valence-electron chi connectivity index (χ3n) is 3.27. The van der Waals surface area contributed by atoms with Gasteiger partial charge in [-0.1, -0.05) is 34.1 Å². The van der Waals surface area contributed by atoms with Crippen molar-refractivity contribution in [2.24, 2.45) is 0 Å². The third-order valence-corrected chi connectivity index (χ3v) is 4.02. The molecule has 0 saturated heterocycles. The Labute approximate surface area is 144 Å². The summed E-state index contributed by atoms with van der Waals surface area (Å²) in [6.45, 7) is 5.34. The van der Waals surface area contributed by atoms with Crippen LogP contribution in [0.3, 0.4) is 0 Å². The number of hydrogen-bond acceptors (Lipinski definition) is 3. The molecule has 0 bridgehead atoms. The number of ether oxygens (including phenoxy) is 2. The van der Waals surface area contributed by atoms with Crippen LogP contribution in [-0.2, 0) is 13.2 Å². The summed E-state index contributed by atoms with van der Waals surface area (Å²) in [6.07, 6.45) is 1.80. The standard InChI is InChI=1S/C18H19BrFNO2/c1-3-10-21-11-15-16(19)8-9-17(22-2)18(15)23-12-13-4-6-14(20)7-5-13/h3-9,21H,1,10-12H2,2H3. The van der Waals surface area contributed by atoms with Crippen LogP contribution in [0.15, 0.2) is 53.5 Å². The zero-order chi connectivity index (χ0) is 16.7. The predicted molar refractivity (Wildman–Crippen MR) is 93.3 cm³/mol. The fraction of sp³-hybridized carbons (Fsp3) is 0.222.